The second-order valence-electron chi connectivity index (χ2n) is 4.62. The van der Waals surface area contributed by atoms with Gasteiger partial charge in [-0.15, -0.1) is 0 Å². The van der Waals surface area contributed by atoms with Gasteiger partial charge in [-0.2, -0.15) is 0 Å². The first-order valence-electron chi connectivity index (χ1n) is 6.08. The van der Waals surface area contributed by atoms with Crippen LogP contribution in [-0.2, 0) is 16.0 Å². The molecule has 1 fully saturated rings. The monoisotopic (exact) mass is 232 g/mol. The molecule has 2 heterocycles. The van der Waals surface area contributed by atoms with Crippen molar-refractivity contribution in [1.82, 2.24) is 0 Å². The first-order chi connectivity index (χ1) is 8.31. The molecule has 2 N–H and O–H groups in total. The molecule has 1 atom stereocenters. The number of hydrogen-bond donors (Lipinski definition) is 2. The molecule has 0 saturated carbocycles. The average Bonchev–Trinajstić information content (AvgIpc) is 2.82. The number of nitrogens with one attached hydrogen (secondary N) is 2. The van der Waals surface area contributed by atoms with Gasteiger partial charge in [0.1, 0.15) is 0 Å². The van der Waals surface area contributed by atoms with E-state index in [0.29, 0.717) is 12.5 Å². The lowest BCUT2D eigenvalue weighted by molar-refractivity contribution is -0.116. The summed E-state index contributed by atoms with van der Waals surface area (Å²) in [6.45, 7) is 1.63. The fraction of sp³-hybridized carbons (Fsp3) is 0.462. The van der Waals surface area contributed by atoms with Crippen molar-refractivity contribution in [3.05, 3.63) is 23.8 Å². The standard InChI is InChI=1S/C13H16N2O2/c16-13-4-1-9-7-10(2-3-12(9)15-13)14-11-5-6-17-8-11/h2-3,7,11,14H,1,4-6,8H2,(H,15,16). The molecule has 1 aromatic carbocycles. The summed E-state index contributed by atoms with van der Waals surface area (Å²) in [6.07, 6.45) is 2.48. The van der Waals surface area contributed by atoms with Crippen LogP contribution in [0.4, 0.5) is 11.4 Å². The Balaban J connectivity index is 1.76. The quantitative estimate of drug-likeness (QED) is 0.817. The van der Waals surface area contributed by atoms with E-state index in [2.05, 4.69) is 16.7 Å². The summed E-state index contributed by atoms with van der Waals surface area (Å²) in [6, 6.07) is 6.55. The molecule has 90 valence electrons. The number of anilines is 2. The SMILES string of the molecule is O=C1CCc2cc(NC3CCOC3)ccc2N1. The van der Waals surface area contributed by atoms with E-state index in [0.717, 1.165) is 37.4 Å². The second kappa shape index (κ2) is 4.37. The Kier molecular flexibility index (Phi) is 2.73. The van der Waals surface area contributed by atoms with Gasteiger partial charge in [-0.1, -0.05) is 0 Å². The van der Waals surface area contributed by atoms with Gasteiger partial charge in [-0.25, -0.2) is 0 Å². The van der Waals surface area contributed by atoms with Gasteiger partial charge in [0.05, 0.1) is 12.6 Å². The van der Waals surface area contributed by atoms with Crippen LogP contribution < -0.4 is 10.6 Å². The highest BCUT2D eigenvalue weighted by Gasteiger charge is 2.17. The van der Waals surface area contributed by atoms with Crippen LogP contribution in [0.25, 0.3) is 0 Å². The third-order valence-electron chi connectivity index (χ3n) is 3.30. The lowest BCUT2D eigenvalue weighted by Crippen LogP contribution is -2.21. The van der Waals surface area contributed by atoms with Gasteiger partial charge in [0.2, 0.25) is 5.91 Å². The maximum absolute atomic E-state index is 11.2. The summed E-state index contributed by atoms with van der Waals surface area (Å²) < 4.78 is 5.34. The predicted molar refractivity (Wildman–Crippen MR) is 66.2 cm³/mol. The number of hydrogen-bond acceptors (Lipinski definition) is 3. The summed E-state index contributed by atoms with van der Waals surface area (Å²) in [5.41, 5.74) is 3.29. The molecular formula is C13H16N2O2. The molecular weight excluding hydrogens is 216 g/mol. The first-order valence-corrected chi connectivity index (χ1v) is 6.08. The van der Waals surface area contributed by atoms with Crippen molar-refractivity contribution in [2.45, 2.75) is 25.3 Å². The minimum Gasteiger partial charge on any atom is -0.380 e. The maximum Gasteiger partial charge on any atom is 0.224 e. The van der Waals surface area contributed by atoms with Gasteiger partial charge in [0.25, 0.3) is 0 Å². The van der Waals surface area contributed by atoms with Gasteiger partial charge >= 0.3 is 0 Å². The predicted octanol–water partition coefficient (Wildman–Crippen LogP) is 1.77. The van der Waals surface area contributed by atoms with Gasteiger partial charge in [-0.05, 0) is 36.6 Å². The van der Waals surface area contributed by atoms with Crippen molar-refractivity contribution in [2.24, 2.45) is 0 Å². The Bertz CT molecular complexity index is 439. The van der Waals surface area contributed by atoms with Crippen LogP contribution in [0.15, 0.2) is 18.2 Å². The lowest BCUT2D eigenvalue weighted by atomic mass is 10.0. The molecule has 4 heteroatoms. The Morgan fingerprint density at radius 3 is 3.12 bits per heavy atom. The third kappa shape index (κ3) is 2.26. The highest BCUT2D eigenvalue weighted by Crippen LogP contribution is 2.26. The highest BCUT2D eigenvalue weighted by atomic mass is 16.5. The molecule has 1 unspecified atom stereocenters. The van der Waals surface area contributed by atoms with Crippen molar-refractivity contribution >= 4 is 17.3 Å². The van der Waals surface area contributed by atoms with E-state index in [-0.39, 0.29) is 5.91 Å². The molecule has 1 aromatic rings. The van der Waals surface area contributed by atoms with Crippen molar-refractivity contribution in [3.8, 4) is 0 Å². The van der Waals surface area contributed by atoms with Crippen molar-refractivity contribution in [3.63, 3.8) is 0 Å². The fourth-order valence-electron chi connectivity index (χ4n) is 2.36. The molecule has 0 bridgehead atoms. The maximum atomic E-state index is 11.2. The highest BCUT2D eigenvalue weighted by molar-refractivity contribution is 5.94. The Hall–Kier alpha value is -1.55. The van der Waals surface area contributed by atoms with Crippen LogP contribution in [0, 0.1) is 0 Å². The van der Waals surface area contributed by atoms with Crippen LogP contribution in [0.3, 0.4) is 0 Å². The summed E-state index contributed by atoms with van der Waals surface area (Å²) >= 11 is 0. The minimum atomic E-state index is 0.113. The van der Waals surface area contributed by atoms with E-state index in [1.54, 1.807) is 0 Å². The van der Waals surface area contributed by atoms with E-state index in [4.69, 9.17) is 4.74 Å². The molecule has 2 aliphatic rings. The van der Waals surface area contributed by atoms with E-state index < -0.39 is 0 Å². The zero-order valence-electron chi connectivity index (χ0n) is 9.66. The Labute approximate surface area is 100 Å². The summed E-state index contributed by atoms with van der Waals surface area (Å²) in [4.78, 5) is 11.2. The van der Waals surface area contributed by atoms with Gasteiger partial charge in [0, 0.05) is 24.4 Å². The smallest absolute Gasteiger partial charge is 0.224 e. The normalized spacial score (nSPS) is 23.1. The Morgan fingerprint density at radius 1 is 1.35 bits per heavy atom. The minimum absolute atomic E-state index is 0.113. The van der Waals surface area contributed by atoms with Crippen LogP contribution in [0.2, 0.25) is 0 Å². The Morgan fingerprint density at radius 2 is 2.29 bits per heavy atom. The fourth-order valence-corrected chi connectivity index (χ4v) is 2.36. The first kappa shape index (κ1) is 10.6. The number of benzene rings is 1. The largest absolute Gasteiger partial charge is 0.380 e. The summed E-state index contributed by atoms with van der Waals surface area (Å²) in [5, 5.41) is 6.35. The number of rotatable bonds is 2. The third-order valence-corrected chi connectivity index (χ3v) is 3.30. The zero-order chi connectivity index (χ0) is 11.7. The molecule has 3 rings (SSSR count). The number of carbonyl (C=O) groups is 1. The van der Waals surface area contributed by atoms with Crippen LogP contribution in [0.1, 0.15) is 18.4 Å². The van der Waals surface area contributed by atoms with Gasteiger partial charge in [0.15, 0.2) is 0 Å². The van der Waals surface area contributed by atoms with Crippen molar-refractivity contribution in [1.29, 1.82) is 0 Å². The number of carbonyl (C=O) groups excluding carboxylic acids is 1. The number of ether oxygens (including phenoxy) is 1. The number of amides is 1. The van der Waals surface area contributed by atoms with E-state index in [1.165, 1.54) is 5.56 Å². The molecule has 0 aliphatic carbocycles. The van der Waals surface area contributed by atoms with Crippen molar-refractivity contribution < 1.29 is 9.53 Å². The number of fused-ring (bicyclic) bond motifs is 1. The van der Waals surface area contributed by atoms with Crippen LogP contribution >= 0.6 is 0 Å². The molecule has 0 spiro atoms. The van der Waals surface area contributed by atoms with Crippen molar-refractivity contribution in [2.75, 3.05) is 23.8 Å². The zero-order valence-corrected chi connectivity index (χ0v) is 9.66. The van der Waals surface area contributed by atoms with E-state index in [1.807, 2.05) is 12.1 Å². The van der Waals surface area contributed by atoms with E-state index in [9.17, 15) is 4.79 Å². The lowest BCUT2D eigenvalue weighted by Gasteiger charge is -2.19. The van der Waals surface area contributed by atoms with Crippen LogP contribution in [0.5, 0.6) is 0 Å². The summed E-state index contributed by atoms with van der Waals surface area (Å²) in [5.74, 6) is 0.113. The molecule has 1 saturated heterocycles. The molecule has 4 nitrogen and oxygen atoms in total. The topological polar surface area (TPSA) is 50.4 Å². The average molecular weight is 232 g/mol. The molecule has 2 aliphatic heterocycles. The summed E-state index contributed by atoms with van der Waals surface area (Å²) in [7, 11) is 0. The van der Waals surface area contributed by atoms with Gasteiger partial charge in [-0.3, -0.25) is 4.79 Å². The van der Waals surface area contributed by atoms with Crippen LogP contribution in [-0.4, -0.2) is 25.2 Å². The molecule has 1 amide bonds. The second-order valence-corrected chi connectivity index (χ2v) is 4.62. The van der Waals surface area contributed by atoms with Gasteiger partial charge < -0.3 is 15.4 Å². The molecule has 0 radical (unpaired) electrons. The number of aryl methyl sites for hydroxylation is 1. The molecule has 0 aromatic heterocycles. The molecule has 17 heavy (non-hydrogen) atoms. The van der Waals surface area contributed by atoms with E-state index >= 15 is 0 Å².